The van der Waals surface area contributed by atoms with E-state index in [1.165, 1.54) is 11.2 Å². The van der Waals surface area contributed by atoms with Gasteiger partial charge in [0, 0.05) is 16.6 Å². The monoisotopic (exact) mass is 256 g/mol. The normalized spacial score (nSPS) is 9.78. The fourth-order valence-corrected chi connectivity index (χ4v) is 2.10. The fraction of sp³-hybridized carbons (Fsp3) is 0.154. The van der Waals surface area contributed by atoms with Crippen LogP contribution in [0.3, 0.4) is 0 Å². The first-order valence-corrected chi connectivity index (χ1v) is 6.52. The SMILES string of the molecule is CCSc1ccc(Nc2cc(C#N)ncn2)cc1. The Balaban J connectivity index is 2.11. The number of nitrogens with one attached hydrogen (secondary N) is 1. The molecule has 0 fully saturated rings. The van der Waals surface area contributed by atoms with E-state index in [1.807, 2.05) is 18.2 Å². The largest absolute Gasteiger partial charge is 0.340 e. The van der Waals surface area contributed by atoms with Crippen LogP contribution >= 0.6 is 11.8 Å². The minimum Gasteiger partial charge on any atom is -0.340 e. The van der Waals surface area contributed by atoms with E-state index in [0.29, 0.717) is 11.5 Å². The van der Waals surface area contributed by atoms with Crippen molar-refractivity contribution in [1.82, 2.24) is 9.97 Å². The van der Waals surface area contributed by atoms with Gasteiger partial charge in [0.2, 0.25) is 0 Å². The third-order valence-electron chi connectivity index (χ3n) is 2.22. The number of hydrogen-bond donors (Lipinski definition) is 1. The van der Waals surface area contributed by atoms with Crippen molar-refractivity contribution in [2.24, 2.45) is 0 Å². The summed E-state index contributed by atoms with van der Waals surface area (Å²) in [5, 5.41) is 11.9. The molecule has 0 aliphatic rings. The maximum atomic E-state index is 8.75. The molecule has 18 heavy (non-hydrogen) atoms. The number of benzene rings is 1. The van der Waals surface area contributed by atoms with Crippen LogP contribution in [0.4, 0.5) is 11.5 Å². The third-order valence-corrected chi connectivity index (χ3v) is 3.11. The van der Waals surface area contributed by atoms with E-state index < -0.39 is 0 Å². The number of anilines is 2. The van der Waals surface area contributed by atoms with Gasteiger partial charge in [0.25, 0.3) is 0 Å². The lowest BCUT2D eigenvalue weighted by molar-refractivity contribution is 1.14. The number of nitrogens with zero attached hydrogens (tertiary/aromatic N) is 3. The van der Waals surface area contributed by atoms with E-state index in [1.54, 1.807) is 17.8 Å². The number of thioether (sulfide) groups is 1. The fourth-order valence-electron chi connectivity index (χ4n) is 1.44. The Labute approximate surface area is 110 Å². The van der Waals surface area contributed by atoms with Crippen LogP contribution in [0.5, 0.6) is 0 Å². The van der Waals surface area contributed by atoms with Gasteiger partial charge in [-0.2, -0.15) is 5.26 Å². The van der Waals surface area contributed by atoms with Gasteiger partial charge in [0.15, 0.2) is 0 Å². The van der Waals surface area contributed by atoms with Crippen LogP contribution in [0, 0.1) is 11.3 Å². The highest BCUT2D eigenvalue weighted by molar-refractivity contribution is 7.99. The average molecular weight is 256 g/mol. The standard InChI is InChI=1S/C13H12N4S/c1-2-18-12-5-3-10(4-6-12)17-13-7-11(8-14)15-9-16-13/h3-7,9H,2H2,1H3,(H,15,16,17). The minimum atomic E-state index is 0.352. The molecule has 0 aliphatic carbocycles. The van der Waals surface area contributed by atoms with Gasteiger partial charge in [-0.1, -0.05) is 6.92 Å². The van der Waals surface area contributed by atoms with Crippen molar-refractivity contribution in [2.45, 2.75) is 11.8 Å². The van der Waals surface area contributed by atoms with Gasteiger partial charge >= 0.3 is 0 Å². The summed E-state index contributed by atoms with van der Waals surface area (Å²) in [5.41, 5.74) is 1.30. The lowest BCUT2D eigenvalue weighted by Crippen LogP contribution is -1.95. The summed E-state index contributed by atoms with van der Waals surface area (Å²) < 4.78 is 0. The molecule has 1 N–H and O–H groups in total. The molecule has 0 saturated heterocycles. The Hall–Kier alpha value is -2.06. The van der Waals surface area contributed by atoms with Crippen LogP contribution in [0.15, 0.2) is 41.6 Å². The molecule has 0 unspecified atom stereocenters. The first kappa shape index (κ1) is 12.4. The van der Waals surface area contributed by atoms with Crippen molar-refractivity contribution in [3.63, 3.8) is 0 Å². The second-order valence-corrected chi connectivity index (χ2v) is 4.82. The highest BCUT2D eigenvalue weighted by atomic mass is 32.2. The molecule has 0 amide bonds. The van der Waals surface area contributed by atoms with Gasteiger partial charge in [0.05, 0.1) is 0 Å². The first-order valence-electron chi connectivity index (χ1n) is 5.54. The molecule has 0 radical (unpaired) electrons. The molecule has 0 saturated carbocycles. The molecule has 0 spiro atoms. The molecule has 1 aromatic heterocycles. The molecule has 0 bridgehead atoms. The zero-order valence-corrected chi connectivity index (χ0v) is 10.7. The zero-order valence-electron chi connectivity index (χ0n) is 9.92. The summed E-state index contributed by atoms with van der Waals surface area (Å²) in [6.45, 7) is 2.13. The molecule has 4 nitrogen and oxygen atoms in total. The Bertz CT molecular complexity index is 560. The van der Waals surface area contributed by atoms with Crippen LogP contribution in [-0.2, 0) is 0 Å². The van der Waals surface area contributed by atoms with E-state index in [-0.39, 0.29) is 0 Å². The van der Waals surface area contributed by atoms with Gasteiger partial charge in [-0.15, -0.1) is 11.8 Å². The van der Waals surface area contributed by atoms with Crippen LogP contribution in [0.2, 0.25) is 0 Å². The first-order chi connectivity index (χ1) is 8.81. The van der Waals surface area contributed by atoms with E-state index in [0.717, 1.165) is 11.4 Å². The molecule has 0 atom stereocenters. The lowest BCUT2D eigenvalue weighted by atomic mass is 10.3. The quantitative estimate of drug-likeness (QED) is 0.851. The zero-order chi connectivity index (χ0) is 12.8. The van der Waals surface area contributed by atoms with Crippen molar-refractivity contribution in [2.75, 3.05) is 11.1 Å². The van der Waals surface area contributed by atoms with Gasteiger partial charge in [-0.25, -0.2) is 9.97 Å². The topological polar surface area (TPSA) is 61.6 Å². The summed E-state index contributed by atoms with van der Waals surface area (Å²) in [6.07, 6.45) is 1.38. The van der Waals surface area contributed by atoms with Crippen molar-refractivity contribution in [1.29, 1.82) is 5.26 Å². The van der Waals surface area contributed by atoms with Gasteiger partial charge < -0.3 is 5.32 Å². The van der Waals surface area contributed by atoms with E-state index in [9.17, 15) is 0 Å². The number of nitriles is 1. The molecular weight excluding hydrogens is 244 g/mol. The molecule has 2 aromatic rings. The summed E-state index contributed by atoms with van der Waals surface area (Å²) in [7, 11) is 0. The molecule has 2 rings (SSSR count). The second-order valence-electron chi connectivity index (χ2n) is 3.48. The van der Waals surface area contributed by atoms with Crippen molar-refractivity contribution in [3.8, 4) is 6.07 Å². The smallest absolute Gasteiger partial charge is 0.145 e. The Morgan fingerprint density at radius 2 is 2.06 bits per heavy atom. The van der Waals surface area contributed by atoms with Gasteiger partial charge in [-0.3, -0.25) is 0 Å². The maximum Gasteiger partial charge on any atom is 0.145 e. The number of rotatable bonds is 4. The summed E-state index contributed by atoms with van der Waals surface area (Å²) in [6, 6.07) is 11.7. The Morgan fingerprint density at radius 3 is 2.72 bits per heavy atom. The van der Waals surface area contributed by atoms with Crippen LogP contribution in [-0.4, -0.2) is 15.7 Å². The average Bonchev–Trinajstić information content (AvgIpc) is 2.42. The van der Waals surface area contributed by atoms with Crippen LogP contribution < -0.4 is 5.32 Å². The third kappa shape index (κ3) is 3.22. The van der Waals surface area contributed by atoms with Crippen molar-refractivity contribution >= 4 is 23.3 Å². The van der Waals surface area contributed by atoms with Crippen LogP contribution in [0.1, 0.15) is 12.6 Å². The summed E-state index contributed by atoms with van der Waals surface area (Å²) in [4.78, 5) is 9.12. The van der Waals surface area contributed by atoms with E-state index >= 15 is 0 Å². The predicted molar refractivity (Wildman–Crippen MR) is 72.9 cm³/mol. The Morgan fingerprint density at radius 1 is 1.28 bits per heavy atom. The molecule has 1 aromatic carbocycles. The number of aromatic nitrogens is 2. The molecule has 5 heteroatoms. The van der Waals surface area contributed by atoms with Crippen LogP contribution in [0.25, 0.3) is 0 Å². The lowest BCUT2D eigenvalue weighted by Gasteiger charge is -2.06. The maximum absolute atomic E-state index is 8.75. The van der Waals surface area contributed by atoms with E-state index in [2.05, 4.69) is 34.3 Å². The van der Waals surface area contributed by atoms with E-state index in [4.69, 9.17) is 5.26 Å². The number of hydrogen-bond acceptors (Lipinski definition) is 5. The van der Waals surface area contributed by atoms with Crippen molar-refractivity contribution < 1.29 is 0 Å². The molecule has 90 valence electrons. The molecular formula is C13H12N4S. The Kier molecular flexibility index (Phi) is 4.15. The molecule has 0 aliphatic heterocycles. The highest BCUT2D eigenvalue weighted by Crippen LogP contribution is 2.21. The second kappa shape index (κ2) is 6.03. The van der Waals surface area contributed by atoms with Crippen molar-refractivity contribution in [3.05, 3.63) is 42.4 Å². The minimum absolute atomic E-state index is 0.352. The van der Waals surface area contributed by atoms with Gasteiger partial charge in [0.1, 0.15) is 23.9 Å². The molecule has 1 heterocycles. The van der Waals surface area contributed by atoms with Gasteiger partial charge in [-0.05, 0) is 30.0 Å². The highest BCUT2D eigenvalue weighted by Gasteiger charge is 1.99. The predicted octanol–water partition coefficient (Wildman–Crippen LogP) is 3.20. The summed E-state index contributed by atoms with van der Waals surface area (Å²) >= 11 is 1.80. The summed E-state index contributed by atoms with van der Waals surface area (Å²) in [5.74, 6) is 1.68.